The fraction of sp³-hybridized carbons (Fsp3) is 0.733. The van der Waals surface area contributed by atoms with Crippen LogP contribution in [0.2, 0.25) is 0 Å². The Morgan fingerprint density at radius 1 is 1.05 bits per heavy atom. The van der Waals surface area contributed by atoms with E-state index >= 15 is 0 Å². The van der Waals surface area contributed by atoms with E-state index in [1.54, 1.807) is 58.1 Å². The number of allylic oxidation sites excluding steroid dienone is 6. The minimum atomic E-state index is -1.97. The van der Waals surface area contributed by atoms with Gasteiger partial charge in [-0.3, -0.25) is 0 Å². The lowest BCUT2D eigenvalue weighted by atomic mass is 9.77. The highest BCUT2D eigenvalue weighted by Gasteiger charge is 2.52. The number of hydrogen-bond acceptors (Lipinski definition) is 14. The molecule has 15 heteroatoms. The van der Waals surface area contributed by atoms with Gasteiger partial charge in [-0.2, -0.15) is 0 Å². The summed E-state index contributed by atoms with van der Waals surface area (Å²) in [5.41, 5.74) is 6.76. The molecule has 18 atom stereocenters. The summed E-state index contributed by atoms with van der Waals surface area (Å²) in [6.07, 6.45) is 1.54. The summed E-state index contributed by atoms with van der Waals surface area (Å²) >= 11 is 0. The number of primary amides is 1. The molecule has 0 bridgehead atoms. The van der Waals surface area contributed by atoms with Gasteiger partial charge in [0.2, 0.25) is 5.76 Å². The van der Waals surface area contributed by atoms with Gasteiger partial charge in [0.05, 0.1) is 49.8 Å². The zero-order valence-corrected chi connectivity index (χ0v) is 37.5. The Morgan fingerprint density at radius 2 is 1.72 bits per heavy atom. The second kappa shape index (κ2) is 22.8. The van der Waals surface area contributed by atoms with Crippen LogP contribution < -0.4 is 5.73 Å². The van der Waals surface area contributed by atoms with Crippen molar-refractivity contribution in [3.8, 4) is 0 Å². The summed E-state index contributed by atoms with van der Waals surface area (Å²) in [5.74, 6) is -6.06. The summed E-state index contributed by atoms with van der Waals surface area (Å²) in [5, 5.41) is 57.6. The average molecular weight is 852 g/mol. The fourth-order valence-electron chi connectivity index (χ4n) is 8.64. The van der Waals surface area contributed by atoms with Crippen LogP contribution in [0, 0.1) is 35.5 Å². The molecule has 0 spiro atoms. The molecule has 0 aliphatic carbocycles. The molecule has 0 aromatic carbocycles. The highest BCUT2D eigenvalue weighted by molar-refractivity contribution is 5.87. The van der Waals surface area contributed by atoms with Crippen LogP contribution in [0.5, 0.6) is 0 Å². The third-order valence-corrected chi connectivity index (χ3v) is 12.5. The van der Waals surface area contributed by atoms with Crippen LogP contribution >= 0.6 is 0 Å². The van der Waals surface area contributed by atoms with Crippen molar-refractivity contribution in [1.82, 2.24) is 0 Å². The monoisotopic (exact) mass is 852 g/mol. The number of hydrogen-bond donors (Lipinski definition) is 6. The van der Waals surface area contributed by atoms with Gasteiger partial charge in [0.1, 0.15) is 12.2 Å². The Kier molecular flexibility index (Phi) is 19.5. The molecular formula is C45H73NO14. The molecule has 2 fully saturated rings. The Hall–Kier alpha value is -3.12. The van der Waals surface area contributed by atoms with Gasteiger partial charge in [0, 0.05) is 49.5 Å². The SMILES string of the molecule is C/C=C/[C@H]1O[C@@](O)([C@H](C)[C@H](O)[C@H](C)[C@@H]2OC(=O)/C(OC)=C/C(C)=C/[C@H](C)[C@H](O)[C@H](C)[C@H](O)[C@H](C)C/C(C)=C/C=C/[C@H]2OC)C[C@@H](O[C@H]2C[C@@H](O)[C@H](OC(N)=O)[C@@H](C)O2)[C@@H]1C. The molecule has 0 aromatic rings. The maximum Gasteiger partial charge on any atom is 0.404 e. The van der Waals surface area contributed by atoms with Crippen molar-refractivity contribution in [2.24, 2.45) is 41.2 Å². The molecule has 0 saturated carbocycles. The normalized spacial score (nSPS) is 42.7. The number of cyclic esters (lactones) is 1. The van der Waals surface area contributed by atoms with E-state index < -0.39 is 103 Å². The number of ether oxygens (including phenoxy) is 7. The van der Waals surface area contributed by atoms with Gasteiger partial charge in [0.25, 0.3) is 0 Å². The zero-order chi connectivity index (χ0) is 45.2. The van der Waals surface area contributed by atoms with Gasteiger partial charge in [-0.15, -0.1) is 0 Å². The topological polar surface area (TPSA) is 226 Å². The van der Waals surface area contributed by atoms with Crippen molar-refractivity contribution in [3.05, 3.63) is 59.4 Å². The molecule has 3 aliphatic rings. The maximum atomic E-state index is 13.9. The minimum Gasteiger partial charge on any atom is -0.490 e. The number of amides is 1. The highest BCUT2D eigenvalue weighted by Crippen LogP contribution is 2.42. The van der Waals surface area contributed by atoms with E-state index in [1.165, 1.54) is 20.3 Å². The summed E-state index contributed by atoms with van der Waals surface area (Å²) in [4.78, 5) is 25.3. The van der Waals surface area contributed by atoms with Crippen molar-refractivity contribution < 1.29 is 68.3 Å². The Bertz CT molecular complexity index is 1550. The minimum absolute atomic E-state index is 0.0314. The van der Waals surface area contributed by atoms with E-state index in [4.69, 9.17) is 38.9 Å². The lowest BCUT2D eigenvalue weighted by Gasteiger charge is -2.49. The number of rotatable bonds is 10. The molecule has 0 radical (unpaired) electrons. The third-order valence-electron chi connectivity index (χ3n) is 12.5. The largest absolute Gasteiger partial charge is 0.490 e. The van der Waals surface area contributed by atoms with Gasteiger partial charge in [0.15, 0.2) is 18.2 Å². The molecule has 3 heterocycles. The van der Waals surface area contributed by atoms with Gasteiger partial charge in [-0.1, -0.05) is 89.1 Å². The molecule has 7 N–H and O–H groups in total. The first-order chi connectivity index (χ1) is 28.1. The van der Waals surface area contributed by atoms with Crippen molar-refractivity contribution >= 4 is 12.1 Å². The second-order valence-corrected chi connectivity index (χ2v) is 17.3. The van der Waals surface area contributed by atoms with E-state index in [2.05, 4.69) is 0 Å². The number of carbonyl (C=O) groups excluding carboxylic acids is 2. The standard InChI is InChI=1S/C45H73NO14/c1-13-15-33-27(6)36(57-37-21-32(47)42(31(10)56-37)59-44(46)52)22-45(53,60-33)30(9)40(50)29(8)41-34(54-11)17-14-16-23(2)18-25(4)38(48)28(7)39(49)26(5)19-24(3)20-35(55-12)43(51)58-41/h13-17,19-20,25-34,36-42,47-50,53H,18,21-22H2,1-12H3,(H2,46,52)/b15-13+,17-14+,23-16+,24-19+,35-20-/t25-,26+,27-,28-,29+,30-,31-,32-,33-,34-,36-,37+,38-,39+,40-,41+,42-,45-/m1/s1. The molecular weight excluding hydrogens is 778 g/mol. The summed E-state index contributed by atoms with van der Waals surface area (Å²) in [7, 11) is 2.80. The third kappa shape index (κ3) is 13.2. The average Bonchev–Trinajstić information content (AvgIpc) is 3.18. The molecule has 0 unspecified atom stereocenters. The summed E-state index contributed by atoms with van der Waals surface area (Å²) in [6, 6.07) is 0. The summed E-state index contributed by atoms with van der Waals surface area (Å²) < 4.78 is 41.3. The first-order valence-corrected chi connectivity index (χ1v) is 21.1. The van der Waals surface area contributed by atoms with Crippen molar-refractivity contribution in [2.45, 2.75) is 162 Å². The number of aliphatic hydroxyl groups is 5. The molecule has 1 amide bonds. The van der Waals surface area contributed by atoms with E-state index in [0.29, 0.717) is 12.0 Å². The van der Waals surface area contributed by atoms with Crippen LogP contribution in [-0.2, 0) is 38.0 Å². The van der Waals surface area contributed by atoms with E-state index in [1.807, 2.05) is 47.6 Å². The molecule has 342 valence electrons. The molecule has 15 nitrogen and oxygen atoms in total. The second-order valence-electron chi connectivity index (χ2n) is 17.3. The Balaban J connectivity index is 1.99. The Labute approximate surface area is 356 Å². The van der Waals surface area contributed by atoms with Crippen LogP contribution in [0.25, 0.3) is 0 Å². The van der Waals surface area contributed by atoms with E-state index in [0.717, 1.165) is 5.57 Å². The van der Waals surface area contributed by atoms with Gasteiger partial charge in [-0.05, 0) is 46.1 Å². The predicted octanol–water partition coefficient (Wildman–Crippen LogP) is 4.59. The van der Waals surface area contributed by atoms with Gasteiger partial charge < -0.3 is 64.4 Å². The van der Waals surface area contributed by atoms with Crippen molar-refractivity contribution in [1.29, 1.82) is 0 Å². The molecule has 60 heavy (non-hydrogen) atoms. The lowest BCUT2D eigenvalue weighted by molar-refractivity contribution is -0.338. The number of carbonyl (C=O) groups is 2. The lowest BCUT2D eigenvalue weighted by Crippen LogP contribution is -2.59. The first-order valence-electron chi connectivity index (χ1n) is 21.1. The number of methoxy groups -OCH3 is 2. The van der Waals surface area contributed by atoms with Crippen molar-refractivity contribution in [3.63, 3.8) is 0 Å². The van der Waals surface area contributed by atoms with E-state index in [9.17, 15) is 35.1 Å². The van der Waals surface area contributed by atoms with Crippen LogP contribution in [-0.4, -0.2) is 125 Å². The number of nitrogens with two attached hydrogens (primary N) is 1. The van der Waals surface area contributed by atoms with Gasteiger partial charge in [-0.25, -0.2) is 9.59 Å². The number of esters is 1. The maximum absolute atomic E-state index is 13.9. The van der Waals surface area contributed by atoms with Crippen molar-refractivity contribution in [2.75, 3.05) is 14.2 Å². The Morgan fingerprint density at radius 3 is 2.30 bits per heavy atom. The van der Waals surface area contributed by atoms with Gasteiger partial charge >= 0.3 is 12.1 Å². The van der Waals surface area contributed by atoms with Crippen LogP contribution in [0.15, 0.2) is 59.4 Å². The predicted molar refractivity (Wildman–Crippen MR) is 224 cm³/mol. The quantitative estimate of drug-likeness (QED) is 0.131. The highest BCUT2D eigenvalue weighted by atomic mass is 16.7. The molecule has 3 aliphatic heterocycles. The molecule has 0 aromatic heterocycles. The molecule has 2 saturated heterocycles. The summed E-state index contributed by atoms with van der Waals surface area (Å²) in [6.45, 7) is 18.0. The van der Waals surface area contributed by atoms with Crippen LogP contribution in [0.3, 0.4) is 0 Å². The van der Waals surface area contributed by atoms with Crippen LogP contribution in [0.1, 0.15) is 88.5 Å². The fourth-order valence-corrected chi connectivity index (χ4v) is 8.64. The zero-order valence-electron chi connectivity index (χ0n) is 37.5. The van der Waals surface area contributed by atoms with E-state index in [-0.39, 0.29) is 36.4 Å². The first kappa shape index (κ1) is 51.2. The number of aliphatic hydroxyl groups excluding tert-OH is 4. The molecule has 3 rings (SSSR count). The van der Waals surface area contributed by atoms with Crippen LogP contribution in [0.4, 0.5) is 4.79 Å². The smallest absolute Gasteiger partial charge is 0.404 e.